The first-order valence-corrected chi connectivity index (χ1v) is 6.43. The number of Topliss-reactive ketones (excluding diaryl/α,β-unsaturated/α-hetero) is 1. The second-order valence-electron chi connectivity index (χ2n) is 4.27. The van der Waals surface area contributed by atoms with Crippen LogP contribution in [0.15, 0.2) is 29.2 Å². The highest BCUT2D eigenvalue weighted by molar-refractivity contribution is 7.98. The highest BCUT2D eigenvalue weighted by atomic mass is 32.2. The number of rotatable bonds is 4. The number of benzene rings is 1. The fourth-order valence-corrected chi connectivity index (χ4v) is 1.95. The molecule has 1 aromatic carbocycles. The normalized spacial score (nSPS) is 11.5. The maximum Gasteiger partial charge on any atom is 0.169 e. The second-order valence-corrected chi connectivity index (χ2v) is 5.11. The van der Waals surface area contributed by atoms with E-state index < -0.39 is 0 Å². The third kappa shape index (κ3) is 2.63. The third-order valence-electron chi connectivity index (χ3n) is 2.85. The van der Waals surface area contributed by atoms with Crippen LogP contribution in [0.1, 0.15) is 37.6 Å². The molecule has 1 nitrogen and oxygen atoms in total. The van der Waals surface area contributed by atoms with Crippen LogP contribution in [0.25, 0.3) is 0 Å². The molecule has 0 bridgehead atoms. The monoisotopic (exact) mass is 222 g/mol. The predicted octanol–water partition coefficient (Wildman–Crippen LogP) is 4.03. The van der Waals surface area contributed by atoms with Gasteiger partial charge in [-0.05, 0) is 18.7 Å². The Bertz CT molecular complexity index is 355. The van der Waals surface area contributed by atoms with E-state index in [1.54, 1.807) is 11.8 Å². The zero-order chi connectivity index (χ0) is 11.5. The van der Waals surface area contributed by atoms with Crippen molar-refractivity contribution < 1.29 is 4.79 Å². The Morgan fingerprint density at radius 2 is 1.93 bits per heavy atom. The minimum absolute atomic E-state index is 0.245. The quantitative estimate of drug-likeness (QED) is 0.565. The zero-order valence-corrected chi connectivity index (χ0v) is 10.6. The molecule has 0 amide bonds. The molecular weight excluding hydrogens is 204 g/mol. The van der Waals surface area contributed by atoms with Crippen LogP contribution < -0.4 is 0 Å². The van der Waals surface area contributed by atoms with Gasteiger partial charge in [-0.15, -0.1) is 11.8 Å². The standard InChI is InChI=1S/C13H18OS/c1-5-13(2,3)12(14)10-8-6-7-9-11(10)15-4/h6-9H,5H2,1-4H3. The van der Waals surface area contributed by atoms with Gasteiger partial charge in [0.2, 0.25) is 0 Å². The summed E-state index contributed by atoms with van der Waals surface area (Å²) in [6.45, 7) is 6.07. The second kappa shape index (κ2) is 4.84. The lowest BCUT2D eigenvalue weighted by Gasteiger charge is -2.22. The minimum Gasteiger partial charge on any atom is -0.294 e. The average Bonchev–Trinajstić information content (AvgIpc) is 2.28. The summed E-state index contributed by atoms with van der Waals surface area (Å²) in [5.74, 6) is 0.245. The Labute approximate surface area is 96.3 Å². The van der Waals surface area contributed by atoms with Crippen LogP contribution in [0.2, 0.25) is 0 Å². The topological polar surface area (TPSA) is 17.1 Å². The molecule has 0 aliphatic rings. The molecule has 0 N–H and O–H groups in total. The highest BCUT2D eigenvalue weighted by Crippen LogP contribution is 2.30. The Balaban J connectivity index is 3.11. The smallest absolute Gasteiger partial charge is 0.169 e. The molecule has 0 saturated heterocycles. The van der Waals surface area contributed by atoms with Gasteiger partial charge in [0.05, 0.1) is 0 Å². The van der Waals surface area contributed by atoms with Gasteiger partial charge in [0.1, 0.15) is 0 Å². The Kier molecular flexibility index (Phi) is 3.97. The fraction of sp³-hybridized carbons (Fsp3) is 0.462. The van der Waals surface area contributed by atoms with Crippen molar-refractivity contribution in [3.8, 4) is 0 Å². The number of hydrogen-bond donors (Lipinski definition) is 0. The minimum atomic E-state index is -0.258. The average molecular weight is 222 g/mol. The maximum atomic E-state index is 12.3. The van der Waals surface area contributed by atoms with E-state index in [1.165, 1.54) is 0 Å². The molecule has 0 fully saturated rings. The van der Waals surface area contributed by atoms with E-state index >= 15 is 0 Å². The van der Waals surface area contributed by atoms with Gasteiger partial charge in [0, 0.05) is 15.9 Å². The summed E-state index contributed by atoms with van der Waals surface area (Å²) >= 11 is 1.63. The van der Waals surface area contributed by atoms with E-state index in [2.05, 4.69) is 6.92 Å². The molecule has 0 atom stereocenters. The number of carbonyl (C=O) groups is 1. The van der Waals surface area contributed by atoms with Crippen molar-refractivity contribution in [1.82, 2.24) is 0 Å². The molecule has 0 heterocycles. The molecule has 0 saturated carbocycles. The van der Waals surface area contributed by atoms with Crippen LogP contribution in [0.5, 0.6) is 0 Å². The van der Waals surface area contributed by atoms with Crippen molar-refractivity contribution in [2.75, 3.05) is 6.26 Å². The van der Waals surface area contributed by atoms with Gasteiger partial charge in [0.15, 0.2) is 5.78 Å². The number of hydrogen-bond acceptors (Lipinski definition) is 2. The summed E-state index contributed by atoms with van der Waals surface area (Å²) in [5.41, 5.74) is 0.600. The van der Waals surface area contributed by atoms with Crippen molar-refractivity contribution in [1.29, 1.82) is 0 Å². The van der Waals surface area contributed by atoms with E-state index in [0.717, 1.165) is 16.9 Å². The van der Waals surface area contributed by atoms with Crippen molar-refractivity contribution in [3.63, 3.8) is 0 Å². The van der Waals surface area contributed by atoms with Crippen LogP contribution in [0, 0.1) is 5.41 Å². The summed E-state index contributed by atoms with van der Waals surface area (Å²) in [6.07, 6.45) is 2.87. The SMILES string of the molecule is CCC(C)(C)C(=O)c1ccccc1SC. The Morgan fingerprint density at radius 1 is 1.33 bits per heavy atom. The molecule has 15 heavy (non-hydrogen) atoms. The van der Waals surface area contributed by atoms with Gasteiger partial charge < -0.3 is 0 Å². The van der Waals surface area contributed by atoms with Crippen LogP contribution >= 0.6 is 11.8 Å². The molecular formula is C13H18OS. The fourth-order valence-electron chi connectivity index (χ4n) is 1.36. The first-order valence-electron chi connectivity index (χ1n) is 5.20. The number of ketones is 1. The largest absolute Gasteiger partial charge is 0.294 e. The van der Waals surface area contributed by atoms with E-state index in [1.807, 2.05) is 44.4 Å². The lowest BCUT2D eigenvalue weighted by atomic mass is 9.82. The molecule has 1 rings (SSSR count). The van der Waals surface area contributed by atoms with Crippen LogP contribution in [0.4, 0.5) is 0 Å². The van der Waals surface area contributed by atoms with Crippen molar-refractivity contribution >= 4 is 17.5 Å². The highest BCUT2D eigenvalue weighted by Gasteiger charge is 2.27. The first-order chi connectivity index (χ1) is 7.03. The van der Waals surface area contributed by atoms with Crippen LogP contribution in [-0.4, -0.2) is 12.0 Å². The third-order valence-corrected chi connectivity index (χ3v) is 3.65. The van der Waals surface area contributed by atoms with Crippen molar-refractivity contribution in [2.45, 2.75) is 32.1 Å². The first kappa shape index (κ1) is 12.3. The van der Waals surface area contributed by atoms with E-state index in [0.29, 0.717) is 0 Å². The van der Waals surface area contributed by atoms with Gasteiger partial charge in [0.25, 0.3) is 0 Å². The lowest BCUT2D eigenvalue weighted by Crippen LogP contribution is -2.23. The molecule has 2 heteroatoms. The predicted molar refractivity (Wildman–Crippen MR) is 66.6 cm³/mol. The summed E-state index contributed by atoms with van der Waals surface area (Å²) < 4.78 is 0. The molecule has 1 aromatic rings. The summed E-state index contributed by atoms with van der Waals surface area (Å²) in [7, 11) is 0. The molecule has 0 spiro atoms. The van der Waals surface area contributed by atoms with Gasteiger partial charge in [-0.3, -0.25) is 4.79 Å². The number of thioether (sulfide) groups is 1. The van der Waals surface area contributed by atoms with E-state index in [-0.39, 0.29) is 11.2 Å². The summed E-state index contributed by atoms with van der Waals surface area (Å²) in [5, 5.41) is 0. The molecule has 0 aliphatic carbocycles. The van der Waals surface area contributed by atoms with Crippen LogP contribution in [0.3, 0.4) is 0 Å². The maximum absolute atomic E-state index is 12.3. The molecule has 0 unspecified atom stereocenters. The van der Waals surface area contributed by atoms with E-state index in [9.17, 15) is 4.79 Å². The summed E-state index contributed by atoms with van der Waals surface area (Å²) in [4.78, 5) is 13.3. The van der Waals surface area contributed by atoms with Gasteiger partial charge >= 0.3 is 0 Å². The van der Waals surface area contributed by atoms with Gasteiger partial charge in [-0.2, -0.15) is 0 Å². The molecule has 0 aliphatic heterocycles. The molecule has 0 aromatic heterocycles. The summed E-state index contributed by atoms with van der Waals surface area (Å²) in [6, 6.07) is 7.83. The molecule has 82 valence electrons. The molecule has 0 radical (unpaired) electrons. The van der Waals surface area contributed by atoms with Crippen molar-refractivity contribution in [3.05, 3.63) is 29.8 Å². The van der Waals surface area contributed by atoms with Crippen LogP contribution in [-0.2, 0) is 0 Å². The Hall–Kier alpha value is -0.760. The lowest BCUT2D eigenvalue weighted by molar-refractivity contribution is 0.0830. The Morgan fingerprint density at radius 3 is 2.47 bits per heavy atom. The van der Waals surface area contributed by atoms with Crippen molar-refractivity contribution in [2.24, 2.45) is 5.41 Å². The van der Waals surface area contributed by atoms with Gasteiger partial charge in [-0.25, -0.2) is 0 Å². The van der Waals surface area contributed by atoms with Gasteiger partial charge in [-0.1, -0.05) is 39.0 Å². The number of carbonyl (C=O) groups excluding carboxylic acids is 1. The zero-order valence-electron chi connectivity index (χ0n) is 9.83. The van der Waals surface area contributed by atoms with E-state index in [4.69, 9.17) is 0 Å².